The third-order valence-corrected chi connectivity index (χ3v) is 5.21. The molecule has 1 saturated heterocycles. The molecular formula is C14H17N5OS. The van der Waals surface area contributed by atoms with E-state index in [2.05, 4.69) is 15.3 Å². The summed E-state index contributed by atoms with van der Waals surface area (Å²) in [6.07, 6.45) is 4.52. The van der Waals surface area contributed by atoms with Gasteiger partial charge in [-0.05, 0) is 26.7 Å². The van der Waals surface area contributed by atoms with Gasteiger partial charge in [-0.2, -0.15) is 0 Å². The van der Waals surface area contributed by atoms with Gasteiger partial charge >= 0.3 is 0 Å². The Labute approximate surface area is 126 Å². The second-order valence-electron chi connectivity index (χ2n) is 5.91. The van der Waals surface area contributed by atoms with E-state index in [4.69, 9.17) is 0 Å². The summed E-state index contributed by atoms with van der Waals surface area (Å²) in [6.45, 7) is 5.25. The minimum atomic E-state index is 0.0943. The van der Waals surface area contributed by atoms with E-state index in [1.165, 1.54) is 24.2 Å². The SMILES string of the molecule is Cc1nc(C)c(C(=O)N2CC(n3cc(C4CC4)nn3)C2)s1. The van der Waals surface area contributed by atoms with Gasteiger partial charge in [-0.15, -0.1) is 16.4 Å². The lowest BCUT2D eigenvalue weighted by Gasteiger charge is -2.38. The molecule has 0 aromatic carbocycles. The predicted octanol–water partition coefficient (Wildman–Crippen LogP) is 1.93. The van der Waals surface area contributed by atoms with Crippen molar-refractivity contribution in [2.75, 3.05) is 13.1 Å². The first-order valence-electron chi connectivity index (χ1n) is 7.27. The van der Waals surface area contributed by atoms with Gasteiger partial charge in [0.15, 0.2) is 0 Å². The van der Waals surface area contributed by atoms with Crippen LogP contribution in [0.2, 0.25) is 0 Å². The van der Waals surface area contributed by atoms with Crippen LogP contribution in [0.4, 0.5) is 0 Å². The molecule has 0 N–H and O–H groups in total. The fourth-order valence-electron chi connectivity index (χ4n) is 2.70. The van der Waals surface area contributed by atoms with Gasteiger partial charge in [0.1, 0.15) is 4.88 Å². The highest BCUT2D eigenvalue weighted by atomic mass is 32.1. The molecule has 1 aliphatic heterocycles. The van der Waals surface area contributed by atoms with Crippen LogP contribution in [0, 0.1) is 13.8 Å². The van der Waals surface area contributed by atoms with Crippen molar-refractivity contribution in [1.29, 1.82) is 0 Å². The van der Waals surface area contributed by atoms with E-state index < -0.39 is 0 Å². The van der Waals surface area contributed by atoms with Crippen LogP contribution in [0.15, 0.2) is 6.20 Å². The van der Waals surface area contributed by atoms with Crippen molar-refractivity contribution in [2.24, 2.45) is 0 Å². The van der Waals surface area contributed by atoms with Crippen LogP contribution in [0.5, 0.6) is 0 Å². The highest BCUT2D eigenvalue weighted by Crippen LogP contribution is 2.39. The van der Waals surface area contributed by atoms with E-state index in [1.54, 1.807) is 0 Å². The summed E-state index contributed by atoms with van der Waals surface area (Å²) < 4.78 is 1.92. The molecule has 0 spiro atoms. The van der Waals surface area contributed by atoms with Crippen molar-refractivity contribution in [3.05, 3.63) is 27.5 Å². The second-order valence-corrected chi connectivity index (χ2v) is 7.11. The molecule has 0 bridgehead atoms. The molecule has 21 heavy (non-hydrogen) atoms. The summed E-state index contributed by atoms with van der Waals surface area (Å²) in [6, 6.07) is 0.267. The van der Waals surface area contributed by atoms with Crippen molar-refractivity contribution < 1.29 is 4.79 Å². The summed E-state index contributed by atoms with van der Waals surface area (Å²) >= 11 is 1.48. The first kappa shape index (κ1) is 12.9. The fourth-order valence-corrected chi connectivity index (χ4v) is 3.58. The minimum absolute atomic E-state index is 0.0943. The second kappa shape index (κ2) is 4.62. The van der Waals surface area contributed by atoms with Gasteiger partial charge < -0.3 is 4.90 Å². The van der Waals surface area contributed by atoms with E-state index in [9.17, 15) is 4.79 Å². The molecule has 7 heteroatoms. The maximum atomic E-state index is 12.4. The molecule has 1 amide bonds. The summed E-state index contributed by atoms with van der Waals surface area (Å²) in [5, 5.41) is 9.38. The Morgan fingerprint density at radius 1 is 1.33 bits per heavy atom. The quantitative estimate of drug-likeness (QED) is 0.869. The average molecular weight is 303 g/mol. The van der Waals surface area contributed by atoms with Crippen LogP contribution in [0.1, 0.15) is 50.9 Å². The normalized spacial score (nSPS) is 18.9. The number of amides is 1. The highest BCUT2D eigenvalue weighted by molar-refractivity contribution is 7.13. The van der Waals surface area contributed by atoms with Crippen molar-refractivity contribution >= 4 is 17.2 Å². The van der Waals surface area contributed by atoms with Crippen LogP contribution in [-0.4, -0.2) is 43.9 Å². The summed E-state index contributed by atoms with van der Waals surface area (Å²) in [4.78, 5) is 19.4. The monoisotopic (exact) mass is 303 g/mol. The largest absolute Gasteiger partial charge is 0.333 e. The number of hydrogen-bond acceptors (Lipinski definition) is 5. The molecule has 2 aromatic heterocycles. The van der Waals surface area contributed by atoms with Crippen molar-refractivity contribution in [2.45, 2.75) is 38.6 Å². The molecule has 1 aliphatic carbocycles. The Bertz CT molecular complexity index is 696. The van der Waals surface area contributed by atoms with E-state index >= 15 is 0 Å². The molecular weight excluding hydrogens is 286 g/mol. The number of nitrogens with zero attached hydrogens (tertiary/aromatic N) is 5. The standard InChI is InChI=1S/C14H17N5OS/c1-8-13(21-9(2)15-8)14(20)18-5-11(6-18)19-7-12(16-17-19)10-3-4-10/h7,10-11H,3-6H2,1-2H3. The smallest absolute Gasteiger partial charge is 0.266 e. The molecule has 0 radical (unpaired) electrons. The number of likely N-dealkylation sites (tertiary alicyclic amines) is 1. The Morgan fingerprint density at radius 3 is 2.71 bits per heavy atom. The Morgan fingerprint density at radius 2 is 2.10 bits per heavy atom. The maximum absolute atomic E-state index is 12.4. The zero-order chi connectivity index (χ0) is 14.6. The number of carbonyl (C=O) groups excluding carboxylic acids is 1. The maximum Gasteiger partial charge on any atom is 0.266 e. The number of thiazole rings is 1. The van der Waals surface area contributed by atoms with E-state index in [-0.39, 0.29) is 11.9 Å². The van der Waals surface area contributed by atoms with Gasteiger partial charge in [0, 0.05) is 25.2 Å². The molecule has 2 aliphatic rings. The molecule has 2 fully saturated rings. The topological polar surface area (TPSA) is 63.9 Å². The van der Waals surface area contributed by atoms with Crippen molar-refractivity contribution in [1.82, 2.24) is 24.9 Å². The Kier molecular flexibility index (Phi) is 2.85. The number of aromatic nitrogens is 4. The fraction of sp³-hybridized carbons (Fsp3) is 0.571. The van der Waals surface area contributed by atoms with Gasteiger partial charge in [-0.3, -0.25) is 4.79 Å². The molecule has 0 unspecified atom stereocenters. The average Bonchev–Trinajstić information content (AvgIpc) is 3.04. The third kappa shape index (κ3) is 2.25. The van der Waals surface area contributed by atoms with E-state index in [0.29, 0.717) is 19.0 Å². The first-order valence-corrected chi connectivity index (χ1v) is 8.08. The first-order chi connectivity index (χ1) is 10.1. The van der Waals surface area contributed by atoms with Crippen LogP contribution in [-0.2, 0) is 0 Å². The number of carbonyl (C=O) groups is 1. The molecule has 1 saturated carbocycles. The molecule has 110 valence electrons. The van der Waals surface area contributed by atoms with Crippen LogP contribution in [0.25, 0.3) is 0 Å². The minimum Gasteiger partial charge on any atom is -0.333 e. The Hall–Kier alpha value is -1.76. The lowest BCUT2D eigenvalue weighted by Crippen LogP contribution is -2.50. The molecule has 6 nitrogen and oxygen atoms in total. The third-order valence-electron chi connectivity index (χ3n) is 4.15. The van der Waals surface area contributed by atoms with Gasteiger partial charge in [0.05, 0.1) is 22.4 Å². The van der Waals surface area contributed by atoms with Crippen LogP contribution >= 0.6 is 11.3 Å². The zero-order valence-electron chi connectivity index (χ0n) is 12.1. The summed E-state index contributed by atoms with van der Waals surface area (Å²) in [7, 11) is 0. The zero-order valence-corrected chi connectivity index (χ0v) is 12.9. The Balaban J connectivity index is 1.42. The van der Waals surface area contributed by atoms with Gasteiger partial charge in [0.2, 0.25) is 0 Å². The number of hydrogen-bond donors (Lipinski definition) is 0. The molecule has 4 rings (SSSR count). The molecule has 2 aromatic rings. The lowest BCUT2D eigenvalue weighted by atomic mass is 10.1. The van der Waals surface area contributed by atoms with Gasteiger partial charge in [-0.1, -0.05) is 5.21 Å². The number of rotatable bonds is 3. The molecule has 0 atom stereocenters. The van der Waals surface area contributed by atoms with E-state index in [1.807, 2.05) is 29.6 Å². The highest BCUT2D eigenvalue weighted by Gasteiger charge is 2.35. The van der Waals surface area contributed by atoms with Gasteiger partial charge in [-0.25, -0.2) is 9.67 Å². The van der Waals surface area contributed by atoms with E-state index in [0.717, 1.165) is 21.3 Å². The number of aryl methyl sites for hydroxylation is 2. The predicted molar refractivity (Wildman–Crippen MR) is 78.5 cm³/mol. The van der Waals surface area contributed by atoms with Crippen molar-refractivity contribution in [3.8, 4) is 0 Å². The van der Waals surface area contributed by atoms with Gasteiger partial charge in [0.25, 0.3) is 5.91 Å². The van der Waals surface area contributed by atoms with Crippen LogP contribution in [0.3, 0.4) is 0 Å². The summed E-state index contributed by atoms with van der Waals surface area (Å²) in [5.41, 5.74) is 1.94. The lowest BCUT2D eigenvalue weighted by molar-refractivity contribution is 0.0502. The van der Waals surface area contributed by atoms with Crippen LogP contribution < -0.4 is 0 Å². The summed E-state index contributed by atoms with van der Waals surface area (Å²) in [5.74, 6) is 0.719. The molecule has 3 heterocycles. The van der Waals surface area contributed by atoms with Crippen molar-refractivity contribution in [3.63, 3.8) is 0 Å².